The molecule has 2 amide bonds. The standard InChI is InChI=1S/C16H25N3O2/c1-11(2)15(20)18-13-7-4-8-14(10-13)19-16(21)12(3)6-5-9-17/h4,7-8,10-12H,5-6,9,17H2,1-3H3,(H,18,20)(H,19,21). The molecule has 1 rings (SSSR count). The molecule has 5 heteroatoms. The number of rotatable bonds is 7. The minimum Gasteiger partial charge on any atom is -0.330 e. The molecule has 21 heavy (non-hydrogen) atoms. The van der Waals surface area contributed by atoms with Crippen molar-refractivity contribution < 1.29 is 9.59 Å². The van der Waals surface area contributed by atoms with Crippen molar-refractivity contribution in [2.75, 3.05) is 17.2 Å². The first-order chi connectivity index (χ1) is 9.93. The van der Waals surface area contributed by atoms with Gasteiger partial charge in [-0.3, -0.25) is 9.59 Å². The van der Waals surface area contributed by atoms with E-state index in [9.17, 15) is 9.59 Å². The molecule has 0 aliphatic carbocycles. The summed E-state index contributed by atoms with van der Waals surface area (Å²) in [5.41, 5.74) is 6.81. The Hall–Kier alpha value is -1.88. The molecule has 0 bridgehead atoms. The minimum absolute atomic E-state index is 0.0317. The Bertz CT molecular complexity index is 486. The number of anilines is 2. The number of carbonyl (C=O) groups is 2. The van der Waals surface area contributed by atoms with Gasteiger partial charge in [0.15, 0.2) is 0 Å². The van der Waals surface area contributed by atoms with Crippen molar-refractivity contribution in [2.24, 2.45) is 17.6 Å². The molecule has 0 aliphatic rings. The Labute approximate surface area is 126 Å². The fourth-order valence-electron chi connectivity index (χ4n) is 1.78. The summed E-state index contributed by atoms with van der Waals surface area (Å²) >= 11 is 0. The Kier molecular flexibility index (Phi) is 6.88. The summed E-state index contributed by atoms with van der Waals surface area (Å²) in [6.07, 6.45) is 1.60. The van der Waals surface area contributed by atoms with Gasteiger partial charge in [-0.1, -0.05) is 26.8 Å². The predicted molar refractivity (Wildman–Crippen MR) is 86.0 cm³/mol. The Morgan fingerprint density at radius 3 is 2.19 bits per heavy atom. The normalized spacial score (nSPS) is 12.0. The van der Waals surface area contributed by atoms with E-state index >= 15 is 0 Å². The van der Waals surface area contributed by atoms with Crippen molar-refractivity contribution in [1.29, 1.82) is 0 Å². The smallest absolute Gasteiger partial charge is 0.227 e. The molecule has 1 aromatic carbocycles. The van der Waals surface area contributed by atoms with Gasteiger partial charge < -0.3 is 16.4 Å². The zero-order valence-corrected chi connectivity index (χ0v) is 13.0. The van der Waals surface area contributed by atoms with Crippen LogP contribution in [0, 0.1) is 11.8 Å². The highest BCUT2D eigenvalue weighted by Crippen LogP contribution is 2.17. The molecule has 1 aromatic rings. The number of benzene rings is 1. The molecule has 0 fully saturated rings. The third-order valence-electron chi connectivity index (χ3n) is 3.21. The van der Waals surface area contributed by atoms with Crippen molar-refractivity contribution >= 4 is 23.2 Å². The molecule has 1 unspecified atom stereocenters. The lowest BCUT2D eigenvalue weighted by molar-refractivity contribution is -0.120. The summed E-state index contributed by atoms with van der Waals surface area (Å²) in [7, 11) is 0. The molecule has 0 saturated carbocycles. The Morgan fingerprint density at radius 1 is 1.10 bits per heavy atom. The third-order valence-corrected chi connectivity index (χ3v) is 3.21. The highest BCUT2D eigenvalue weighted by Gasteiger charge is 2.13. The first kappa shape index (κ1) is 17.2. The van der Waals surface area contributed by atoms with Gasteiger partial charge in [0.25, 0.3) is 0 Å². The second-order valence-electron chi connectivity index (χ2n) is 5.55. The quantitative estimate of drug-likeness (QED) is 0.722. The lowest BCUT2D eigenvalue weighted by Gasteiger charge is -2.13. The predicted octanol–water partition coefficient (Wildman–Crippen LogP) is 2.59. The monoisotopic (exact) mass is 291 g/mol. The van der Waals surface area contributed by atoms with Crippen LogP contribution in [-0.2, 0) is 9.59 Å². The molecule has 116 valence electrons. The summed E-state index contributed by atoms with van der Waals surface area (Å²) in [5, 5.41) is 5.67. The van der Waals surface area contributed by atoms with Gasteiger partial charge in [0.1, 0.15) is 0 Å². The van der Waals surface area contributed by atoms with Crippen LogP contribution in [0.15, 0.2) is 24.3 Å². The molecular formula is C16H25N3O2. The van der Waals surface area contributed by atoms with Crippen molar-refractivity contribution in [1.82, 2.24) is 0 Å². The maximum atomic E-state index is 12.0. The van der Waals surface area contributed by atoms with E-state index in [-0.39, 0.29) is 23.7 Å². The summed E-state index contributed by atoms with van der Waals surface area (Å²) in [6.45, 7) is 6.14. The van der Waals surface area contributed by atoms with E-state index < -0.39 is 0 Å². The van der Waals surface area contributed by atoms with Crippen LogP contribution >= 0.6 is 0 Å². The zero-order valence-electron chi connectivity index (χ0n) is 13.0. The van der Waals surface area contributed by atoms with E-state index in [0.717, 1.165) is 12.8 Å². The van der Waals surface area contributed by atoms with Crippen LogP contribution in [0.25, 0.3) is 0 Å². The van der Waals surface area contributed by atoms with Gasteiger partial charge in [0.2, 0.25) is 11.8 Å². The van der Waals surface area contributed by atoms with Crippen LogP contribution < -0.4 is 16.4 Å². The highest BCUT2D eigenvalue weighted by atomic mass is 16.2. The largest absolute Gasteiger partial charge is 0.330 e. The highest BCUT2D eigenvalue weighted by molar-refractivity contribution is 5.95. The number of carbonyl (C=O) groups excluding carboxylic acids is 2. The van der Waals surface area contributed by atoms with Gasteiger partial charge in [-0.05, 0) is 37.6 Å². The molecule has 5 nitrogen and oxygen atoms in total. The molecule has 0 saturated heterocycles. The maximum Gasteiger partial charge on any atom is 0.227 e. The molecule has 0 aliphatic heterocycles. The van der Waals surface area contributed by atoms with E-state index in [2.05, 4.69) is 10.6 Å². The van der Waals surface area contributed by atoms with E-state index in [1.165, 1.54) is 0 Å². The third kappa shape index (κ3) is 5.95. The second-order valence-corrected chi connectivity index (χ2v) is 5.55. The summed E-state index contributed by atoms with van der Waals surface area (Å²) in [5.74, 6) is -0.243. The van der Waals surface area contributed by atoms with E-state index in [0.29, 0.717) is 17.9 Å². The van der Waals surface area contributed by atoms with Gasteiger partial charge in [-0.25, -0.2) is 0 Å². The summed E-state index contributed by atoms with van der Waals surface area (Å²) in [4.78, 5) is 23.7. The van der Waals surface area contributed by atoms with Crippen LogP contribution in [-0.4, -0.2) is 18.4 Å². The molecule has 0 radical (unpaired) electrons. The fraction of sp³-hybridized carbons (Fsp3) is 0.500. The molecule has 0 heterocycles. The van der Waals surface area contributed by atoms with Gasteiger partial charge in [-0.2, -0.15) is 0 Å². The number of hydrogen-bond acceptors (Lipinski definition) is 3. The van der Waals surface area contributed by atoms with Crippen LogP contribution in [0.5, 0.6) is 0 Å². The van der Waals surface area contributed by atoms with Crippen LogP contribution in [0.3, 0.4) is 0 Å². The van der Waals surface area contributed by atoms with Crippen molar-refractivity contribution in [3.8, 4) is 0 Å². The first-order valence-electron chi connectivity index (χ1n) is 7.36. The molecule has 1 atom stereocenters. The van der Waals surface area contributed by atoms with Gasteiger partial charge in [0.05, 0.1) is 0 Å². The van der Waals surface area contributed by atoms with Crippen LogP contribution in [0.1, 0.15) is 33.6 Å². The fourth-order valence-corrected chi connectivity index (χ4v) is 1.78. The van der Waals surface area contributed by atoms with E-state index in [4.69, 9.17) is 5.73 Å². The summed E-state index contributed by atoms with van der Waals surface area (Å²) < 4.78 is 0. The average Bonchev–Trinajstić information content (AvgIpc) is 2.44. The minimum atomic E-state index is -0.0838. The van der Waals surface area contributed by atoms with Gasteiger partial charge in [-0.15, -0.1) is 0 Å². The molecule has 0 aromatic heterocycles. The van der Waals surface area contributed by atoms with Gasteiger partial charge in [0, 0.05) is 23.2 Å². The number of amides is 2. The molecule has 0 spiro atoms. The first-order valence-corrected chi connectivity index (χ1v) is 7.36. The van der Waals surface area contributed by atoms with Crippen molar-refractivity contribution in [3.63, 3.8) is 0 Å². The van der Waals surface area contributed by atoms with Crippen LogP contribution in [0.4, 0.5) is 11.4 Å². The van der Waals surface area contributed by atoms with Crippen LogP contribution in [0.2, 0.25) is 0 Å². The van der Waals surface area contributed by atoms with Crippen molar-refractivity contribution in [2.45, 2.75) is 33.6 Å². The van der Waals surface area contributed by atoms with Gasteiger partial charge >= 0.3 is 0 Å². The zero-order chi connectivity index (χ0) is 15.8. The average molecular weight is 291 g/mol. The topological polar surface area (TPSA) is 84.2 Å². The lowest BCUT2D eigenvalue weighted by Crippen LogP contribution is -2.21. The maximum absolute atomic E-state index is 12.0. The summed E-state index contributed by atoms with van der Waals surface area (Å²) in [6, 6.07) is 7.16. The number of hydrogen-bond donors (Lipinski definition) is 3. The molecule has 4 N–H and O–H groups in total. The SMILES string of the molecule is CC(C)C(=O)Nc1cccc(NC(=O)C(C)CCCN)c1. The van der Waals surface area contributed by atoms with E-state index in [1.807, 2.05) is 20.8 Å². The molecular weight excluding hydrogens is 266 g/mol. The van der Waals surface area contributed by atoms with Crippen molar-refractivity contribution in [3.05, 3.63) is 24.3 Å². The second kappa shape index (κ2) is 8.42. The van der Waals surface area contributed by atoms with E-state index in [1.54, 1.807) is 24.3 Å². The number of nitrogens with one attached hydrogen (secondary N) is 2. The Morgan fingerprint density at radius 2 is 1.67 bits per heavy atom. The number of nitrogens with two attached hydrogens (primary N) is 1. The Balaban J connectivity index is 2.64. The lowest BCUT2D eigenvalue weighted by atomic mass is 10.0.